The zero-order chi connectivity index (χ0) is 22.1. The van der Waals surface area contributed by atoms with Crippen LogP contribution in [0.15, 0.2) is 47.6 Å². The smallest absolute Gasteiger partial charge is 0.277 e. The van der Waals surface area contributed by atoms with E-state index in [9.17, 15) is 9.59 Å². The molecule has 0 aromatic heterocycles. The Morgan fingerprint density at radius 3 is 2.52 bits per heavy atom. The van der Waals surface area contributed by atoms with Gasteiger partial charge in [-0.1, -0.05) is 23.2 Å². The number of halogens is 2. The summed E-state index contributed by atoms with van der Waals surface area (Å²) in [6.45, 7) is 2.00. The van der Waals surface area contributed by atoms with E-state index in [0.717, 1.165) is 5.56 Å². The van der Waals surface area contributed by atoms with E-state index in [4.69, 9.17) is 37.4 Å². The van der Waals surface area contributed by atoms with Gasteiger partial charge in [0.15, 0.2) is 13.2 Å². The van der Waals surface area contributed by atoms with Crippen molar-refractivity contribution in [2.45, 2.75) is 0 Å². The summed E-state index contributed by atoms with van der Waals surface area (Å²) >= 11 is 11.8. The maximum absolute atomic E-state index is 12.1. The number of hydrazone groups is 1. The third-order valence-electron chi connectivity index (χ3n) is 4.26. The van der Waals surface area contributed by atoms with E-state index in [1.54, 1.807) is 41.3 Å². The number of benzene rings is 2. The summed E-state index contributed by atoms with van der Waals surface area (Å²) in [4.78, 5) is 25.6. The zero-order valence-electron chi connectivity index (χ0n) is 16.6. The van der Waals surface area contributed by atoms with Crippen LogP contribution in [0.2, 0.25) is 10.0 Å². The molecule has 0 bridgehead atoms. The molecule has 31 heavy (non-hydrogen) atoms. The molecular weight excluding hydrogens is 445 g/mol. The van der Waals surface area contributed by atoms with E-state index in [0.29, 0.717) is 47.8 Å². The molecule has 1 aliphatic heterocycles. The minimum Gasteiger partial charge on any atom is -0.484 e. The number of carbonyl (C=O) groups excluding carboxylic acids is 2. The van der Waals surface area contributed by atoms with E-state index in [-0.39, 0.29) is 19.1 Å². The Labute approximate surface area is 189 Å². The predicted molar refractivity (Wildman–Crippen MR) is 117 cm³/mol. The maximum Gasteiger partial charge on any atom is 0.277 e. The number of carbonyl (C=O) groups is 2. The molecule has 0 atom stereocenters. The normalized spacial score (nSPS) is 13.8. The van der Waals surface area contributed by atoms with E-state index in [1.807, 2.05) is 0 Å². The fourth-order valence-corrected chi connectivity index (χ4v) is 3.11. The fraction of sp³-hybridized carbons (Fsp3) is 0.286. The summed E-state index contributed by atoms with van der Waals surface area (Å²) in [5.74, 6) is 0.409. The highest BCUT2D eigenvalue weighted by Gasteiger charge is 2.17. The van der Waals surface area contributed by atoms with Gasteiger partial charge >= 0.3 is 0 Å². The van der Waals surface area contributed by atoms with Crippen LogP contribution in [0.4, 0.5) is 0 Å². The lowest BCUT2D eigenvalue weighted by Gasteiger charge is -2.26. The lowest BCUT2D eigenvalue weighted by atomic mass is 10.2. The summed E-state index contributed by atoms with van der Waals surface area (Å²) in [6.07, 6.45) is 1.48. The summed E-state index contributed by atoms with van der Waals surface area (Å²) in [5.41, 5.74) is 3.11. The SMILES string of the molecule is O=C(COc1ccc(Cl)cc1Cl)N/N=C\c1ccc(OCC(=O)N2CCOCC2)cc1. The number of nitrogens with zero attached hydrogens (tertiary/aromatic N) is 2. The molecular formula is C21H21Cl2N3O5. The second-order valence-electron chi connectivity index (χ2n) is 6.51. The van der Waals surface area contributed by atoms with Gasteiger partial charge in [0.05, 0.1) is 24.5 Å². The van der Waals surface area contributed by atoms with Gasteiger partial charge in [0, 0.05) is 18.1 Å². The number of rotatable bonds is 8. The third kappa shape index (κ3) is 7.43. The van der Waals surface area contributed by atoms with Gasteiger partial charge in [-0.3, -0.25) is 9.59 Å². The average Bonchev–Trinajstić information content (AvgIpc) is 2.78. The Morgan fingerprint density at radius 1 is 1.06 bits per heavy atom. The van der Waals surface area contributed by atoms with Crippen molar-refractivity contribution < 1.29 is 23.8 Å². The number of ether oxygens (including phenoxy) is 3. The third-order valence-corrected chi connectivity index (χ3v) is 4.79. The number of morpholine rings is 1. The van der Waals surface area contributed by atoms with Gasteiger partial charge in [-0.05, 0) is 48.0 Å². The minimum absolute atomic E-state index is 0.0267. The molecule has 2 aromatic carbocycles. The zero-order valence-corrected chi connectivity index (χ0v) is 18.1. The average molecular weight is 466 g/mol. The van der Waals surface area contributed by atoms with Crippen molar-refractivity contribution in [3.8, 4) is 11.5 Å². The van der Waals surface area contributed by atoms with Crippen molar-refractivity contribution in [3.63, 3.8) is 0 Å². The first kappa shape index (κ1) is 22.9. The van der Waals surface area contributed by atoms with Crippen molar-refractivity contribution in [1.29, 1.82) is 0 Å². The van der Waals surface area contributed by atoms with Crippen molar-refractivity contribution >= 4 is 41.2 Å². The van der Waals surface area contributed by atoms with Gasteiger partial charge in [-0.2, -0.15) is 5.10 Å². The fourth-order valence-electron chi connectivity index (χ4n) is 2.65. The Kier molecular flexibility index (Phi) is 8.52. The highest BCUT2D eigenvalue weighted by molar-refractivity contribution is 6.35. The monoisotopic (exact) mass is 465 g/mol. The molecule has 2 amide bonds. The first-order chi connectivity index (χ1) is 15.0. The lowest BCUT2D eigenvalue weighted by molar-refractivity contribution is -0.137. The summed E-state index contributed by atoms with van der Waals surface area (Å²) in [7, 11) is 0. The summed E-state index contributed by atoms with van der Waals surface area (Å²) in [6, 6.07) is 11.7. The molecule has 0 spiro atoms. The van der Waals surface area contributed by atoms with Gasteiger partial charge in [-0.15, -0.1) is 0 Å². The molecule has 0 radical (unpaired) electrons. The van der Waals surface area contributed by atoms with Gasteiger partial charge in [0.1, 0.15) is 11.5 Å². The van der Waals surface area contributed by atoms with Gasteiger partial charge in [0.25, 0.3) is 11.8 Å². The van der Waals surface area contributed by atoms with Gasteiger partial charge < -0.3 is 19.1 Å². The van der Waals surface area contributed by atoms with Gasteiger partial charge in [0.2, 0.25) is 0 Å². The van der Waals surface area contributed by atoms with Crippen molar-refractivity contribution in [1.82, 2.24) is 10.3 Å². The van der Waals surface area contributed by atoms with Crippen LogP contribution in [-0.2, 0) is 14.3 Å². The van der Waals surface area contributed by atoms with Crippen LogP contribution in [0.5, 0.6) is 11.5 Å². The molecule has 2 aromatic rings. The Morgan fingerprint density at radius 2 is 1.81 bits per heavy atom. The number of nitrogens with one attached hydrogen (secondary N) is 1. The number of amides is 2. The molecule has 0 unspecified atom stereocenters. The predicted octanol–water partition coefficient (Wildman–Crippen LogP) is 2.76. The molecule has 1 fully saturated rings. The van der Waals surface area contributed by atoms with Crippen molar-refractivity contribution in [3.05, 3.63) is 58.1 Å². The second-order valence-corrected chi connectivity index (χ2v) is 7.35. The molecule has 3 rings (SSSR count). The molecule has 1 heterocycles. The van der Waals surface area contributed by atoms with E-state index in [1.165, 1.54) is 12.3 Å². The standard InChI is InChI=1S/C21H21Cl2N3O5/c22-16-3-6-19(18(23)11-16)31-13-20(27)25-24-12-15-1-4-17(5-2-15)30-14-21(28)26-7-9-29-10-8-26/h1-6,11-12H,7-10,13-14H2,(H,25,27)/b24-12-. The molecule has 10 heteroatoms. The van der Waals surface area contributed by atoms with Crippen LogP contribution >= 0.6 is 23.2 Å². The molecule has 1 saturated heterocycles. The molecule has 0 aliphatic carbocycles. The summed E-state index contributed by atoms with van der Waals surface area (Å²) < 4.78 is 16.1. The quantitative estimate of drug-likeness (QED) is 0.478. The van der Waals surface area contributed by atoms with Crippen LogP contribution in [0.1, 0.15) is 5.56 Å². The Balaban J connectivity index is 1.39. The highest BCUT2D eigenvalue weighted by Crippen LogP contribution is 2.27. The Bertz CT molecular complexity index is 931. The molecule has 8 nitrogen and oxygen atoms in total. The second kappa shape index (κ2) is 11.5. The largest absolute Gasteiger partial charge is 0.484 e. The topological polar surface area (TPSA) is 89.5 Å². The van der Waals surface area contributed by atoms with E-state index in [2.05, 4.69) is 10.5 Å². The summed E-state index contributed by atoms with van der Waals surface area (Å²) in [5, 5.41) is 4.68. The minimum atomic E-state index is -0.441. The van der Waals surface area contributed by atoms with E-state index >= 15 is 0 Å². The maximum atomic E-state index is 12.1. The Hall–Kier alpha value is -2.81. The van der Waals surface area contributed by atoms with Crippen LogP contribution < -0.4 is 14.9 Å². The number of hydrogen-bond donors (Lipinski definition) is 1. The van der Waals surface area contributed by atoms with Crippen molar-refractivity contribution in [2.75, 3.05) is 39.5 Å². The van der Waals surface area contributed by atoms with Crippen LogP contribution in [0.3, 0.4) is 0 Å². The molecule has 1 N–H and O–H groups in total. The van der Waals surface area contributed by atoms with Crippen LogP contribution in [0.25, 0.3) is 0 Å². The van der Waals surface area contributed by atoms with Crippen LogP contribution in [0, 0.1) is 0 Å². The van der Waals surface area contributed by atoms with E-state index < -0.39 is 5.91 Å². The molecule has 0 saturated carbocycles. The lowest BCUT2D eigenvalue weighted by Crippen LogP contribution is -2.42. The molecule has 164 valence electrons. The van der Waals surface area contributed by atoms with Gasteiger partial charge in [-0.25, -0.2) is 5.43 Å². The van der Waals surface area contributed by atoms with Crippen LogP contribution in [-0.4, -0.2) is 62.4 Å². The number of hydrogen-bond acceptors (Lipinski definition) is 6. The van der Waals surface area contributed by atoms with Crippen molar-refractivity contribution in [2.24, 2.45) is 5.10 Å². The first-order valence-corrected chi connectivity index (χ1v) is 10.2. The molecule has 1 aliphatic rings. The first-order valence-electron chi connectivity index (χ1n) is 9.49. The highest BCUT2D eigenvalue weighted by atomic mass is 35.5.